The first-order valence-corrected chi connectivity index (χ1v) is 10.4. The van der Waals surface area contributed by atoms with E-state index >= 15 is 0 Å². The van der Waals surface area contributed by atoms with Gasteiger partial charge in [-0.3, -0.25) is 4.79 Å². The molecule has 4 rings (SSSR count). The predicted molar refractivity (Wildman–Crippen MR) is 110 cm³/mol. The van der Waals surface area contributed by atoms with Crippen LogP contribution in [0.1, 0.15) is 42.6 Å². The van der Waals surface area contributed by atoms with E-state index in [1.807, 2.05) is 37.4 Å². The SMILES string of the molecule is CCOc1ccc(CC(=O)NC2CCCc3nc(N4CCOCC4)ncc32)cc1. The van der Waals surface area contributed by atoms with Crippen molar-refractivity contribution in [3.63, 3.8) is 0 Å². The Morgan fingerprint density at radius 3 is 2.83 bits per heavy atom. The molecule has 1 aliphatic heterocycles. The van der Waals surface area contributed by atoms with E-state index in [-0.39, 0.29) is 11.9 Å². The van der Waals surface area contributed by atoms with Crippen LogP contribution in [0.4, 0.5) is 5.95 Å². The topological polar surface area (TPSA) is 76.6 Å². The van der Waals surface area contributed by atoms with E-state index in [9.17, 15) is 4.79 Å². The monoisotopic (exact) mass is 396 g/mol. The van der Waals surface area contributed by atoms with Gasteiger partial charge in [0.25, 0.3) is 0 Å². The number of hydrogen-bond donors (Lipinski definition) is 1. The molecule has 29 heavy (non-hydrogen) atoms. The fourth-order valence-corrected chi connectivity index (χ4v) is 3.90. The number of nitrogens with one attached hydrogen (secondary N) is 1. The van der Waals surface area contributed by atoms with Crippen molar-refractivity contribution in [2.75, 3.05) is 37.8 Å². The first-order chi connectivity index (χ1) is 14.2. The molecule has 2 aromatic rings. The molecule has 1 saturated heterocycles. The van der Waals surface area contributed by atoms with Gasteiger partial charge in [0.15, 0.2) is 0 Å². The third-order valence-electron chi connectivity index (χ3n) is 5.40. The molecule has 0 spiro atoms. The van der Waals surface area contributed by atoms with Crippen molar-refractivity contribution in [3.05, 3.63) is 47.3 Å². The van der Waals surface area contributed by atoms with E-state index in [1.54, 1.807) is 0 Å². The van der Waals surface area contributed by atoms with E-state index in [4.69, 9.17) is 14.5 Å². The van der Waals surface area contributed by atoms with Crippen molar-refractivity contribution in [2.45, 2.75) is 38.6 Å². The van der Waals surface area contributed by atoms with Gasteiger partial charge in [-0.1, -0.05) is 12.1 Å². The summed E-state index contributed by atoms with van der Waals surface area (Å²) in [7, 11) is 0. The highest BCUT2D eigenvalue weighted by Crippen LogP contribution is 2.29. The minimum atomic E-state index is -0.0207. The highest BCUT2D eigenvalue weighted by atomic mass is 16.5. The Morgan fingerprint density at radius 1 is 1.28 bits per heavy atom. The lowest BCUT2D eigenvalue weighted by Gasteiger charge is -2.29. The molecule has 1 atom stereocenters. The fourth-order valence-electron chi connectivity index (χ4n) is 3.90. The minimum Gasteiger partial charge on any atom is -0.494 e. The molecule has 0 saturated carbocycles. The van der Waals surface area contributed by atoms with Crippen LogP contribution < -0.4 is 15.0 Å². The number of aromatic nitrogens is 2. The number of carbonyl (C=O) groups excluding carboxylic acids is 1. The first-order valence-electron chi connectivity index (χ1n) is 10.4. The average Bonchev–Trinajstić information content (AvgIpc) is 2.76. The second-order valence-electron chi connectivity index (χ2n) is 7.44. The van der Waals surface area contributed by atoms with Crippen LogP contribution in [0.5, 0.6) is 5.75 Å². The molecule has 7 nitrogen and oxygen atoms in total. The number of carbonyl (C=O) groups is 1. The second-order valence-corrected chi connectivity index (χ2v) is 7.44. The van der Waals surface area contributed by atoms with E-state index in [0.29, 0.717) is 26.2 Å². The van der Waals surface area contributed by atoms with Gasteiger partial charge in [-0.25, -0.2) is 9.97 Å². The Bertz CT molecular complexity index is 834. The van der Waals surface area contributed by atoms with E-state index in [0.717, 1.165) is 60.9 Å². The van der Waals surface area contributed by atoms with Crippen LogP contribution in [0.25, 0.3) is 0 Å². The quantitative estimate of drug-likeness (QED) is 0.808. The summed E-state index contributed by atoms with van der Waals surface area (Å²) in [5.74, 6) is 1.61. The number of amides is 1. The van der Waals surface area contributed by atoms with E-state index in [1.165, 1.54) is 0 Å². The molecule has 1 aromatic carbocycles. The van der Waals surface area contributed by atoms with Crippen molar-refractivity contribution in [1.29, 1.82) is 0 Å². The third-order valence-corrected chi connectivity index (χ3v) is 5.40. The molecule has 1 amide bonds. The number of benzene rings is 1. The summed E-state index contributed by atoms with van der Waals surface area (Å²) < 4.78 is 10.9. The molecule has 1 aliphatic carbocycles. The van der Waals surface area contributed by atoms with Crippen molar-refractivity contribution in [3.8, 4) is 5.75 Å². The number of aryl methyl sites for hydroxylation is 1. The number of rotatable bonds is 6. The average molecular weight is 396 g/mol. The van der Waals surface area contributed by atoms with Gasteiger partial charge in [0.1, 0.15) is 5.75 Å². The van der Waals surface area contributed by atoms with Gasteiger partial charge in [0, 0.05) is 24.8 Å². The summed E-state index contributed by atoms with van der Waals surface area (Å²) in [5, 5.41) is 3.18. The van der Waals surface area contributed by atoms with Crippen LogP contribution in [0.3, 0.4) is 0 Å². The number of hydrogen-bond acceptors (Lipinski definition) is 6. The molecule has 2 heterocycles. The predicted octanol–water partition coefficient (Wildman–Crippen LogP) is 2.45. The van der Waals surface area contributed by atoms with Crippen molar-refractivity contribution < 1.29 is 14.3 Å². The Kier molecular flexibility index (Phi) is 6.24. The highest BCUT2D eigenvalue weighted by Gasteiger charge is 2.25. The van der Waals surface area contributed by atoms with Gasteiger partial charge < -0.3 is 19.7 Å². The number of nitrogens with zero attached hydrogens (tertiary/aromatic N) is 3. The van der Waals surface area contributed by atoms with Crippen LogP contribution in [0, 0.1) is 0 Å². The van der Waals surface area contributed by atoms with Crippen LogP contribution >= 0.6 is 0 Å². The Labute approximate surface area is 171 Å². The van der Waals surface area contributed by atoms with Crippen LogP contribution in [0.2, 0.25) is 0 Å². The molecular formula is C22H28N4O3. The maximum absolute atomic E-state index is 12.6. The molecular weight excluding hydrogens is 368 g/mol. The Morgan fingerprint density at radius 2 is 2.07 bits per heavy atom. The second kappa shape index (κ2) is 9.22. The highest BCUT2D eigenvalue weighted by molar-refractivity contribution is 5.79. The van der Waals surface area contributed by atoms with Crippen molar-refractivity contribution in [1.82, 2.24) is 15.3 Å². The lowest BCUT2D eigenvalue weighted by Crippen LogP contribution is -2.38. The van der Waals surface area contributed by atoms with Gasteiger partial charge in [0.2, 0.25) is 11.9 Å². The van der Waals surface area contributed by atoms with Crippen LogP contribution in [-0.4, -0.2) is 48.8 Å². The van der Waals surface area contributed by atoms with Crippen LogP contribution in [-0.2, 0) is 22.4 Å². The van der Waals surface area contributed by atoms with Gasteiger partial charge in [-0.15, -0.1) is 0 Å². The zero-order valence-corrected chi connectivity index (χ0v) is 16.9. The van der Waals surface area contributed by atoms with Gasteiger partial charge in [-0.05, 0) is 43.9 Å². The molecule has 0 radical (unpaired) electrons. The first kappa shape index (κ1) is 19.6. The summed E-state index contributed by atoms with van der Waals surface area (Å²) >= 11 is 0. The van der Waals surface area contributed by atoms with Crippen LogP contribution in [0.15, 0.2) is 30.5 Å². The molecule has 1 N–H and O–H groups in total. The number of morpholine rings is 1. The summed E-state index contributed by atoms with van der Waals surface area (Å²) in [4.78, 5) is 24.2. The molecule has 2 aliphatic rings. The lowest BCUT2D eigenvalue weighted by atomic mass is 9.92. The van der Waals surface area contributed by atoms with Gasteiger partial charge in [-0.2, -0.15) is 0 Å². The number of ether oxygens (including phenoxy) is 2. The summed E-state index contributed by atoms with van der Waals surface area (Å²) in [6.45, 7) is 5.66. The largest absolute Gasteiger partial charge is 0.494 e. The Hall–Kier alpha value is -2.67. The van der Waals surface area contributed by atoms with Gasteiger partial charge >= 0.3 is 0 Å². The standard InChI is InChI=1S/C22H28N4O3/c1-2-29-17-8-6-16(7-9-17)14-21(27)24-19-4-3-5-20-18(19)15-23-22(25-20)26-10-12-28-13-11-26/h6-9,15,19H,2-5,10-14H2,1H3,(H,24,27). The summed E-state index contributed by atoms with van der Waals surface area (Å²) in [6, 6.07) is 7.67. The summed E-state index contributed by atoms with van der Waals surface area (Å²) in [6.07, 6.45) is 5.11. The molecule has 154 valence electrons. The molecule has 1 unspecified atom stereocenters. The number of anilines is 1. The lowest BCUT2D eigenvalue weighted by molar-refractivity contribution is -0.121. The fraction of sp³-hybridized carbons (Fsp3) is 0.500. The third kappa shape index (κ3) is 4.85. The van der Waals surface area contributed by atoms with E-state index in [2.05, 4.69) is 15.2 Å². The minimum absolute atomic E-state index is 0.0178. The molecule has 1 aromatic heterocycles. The maximum atomic E-state index is 12.6. The van der Waals surface area contributed by atoms with Gasteiger partial charge in [0.05, 0.1) is 38.0 Å². The smallest absolute Gasteiger partial charge is 0.225 e. The zero-order chi connectivity index (χ0) is 20.1. The maximum Gasteiger partial charge on any atom is 0.225 e. The van der Waals surface area contributed by atoms with Crippen molar-refractivity contribution in [2.24, 2.45) is 0 Å². The van der Waals surface area contributed by atoms with E-state index < -0.39 is 0 Å². The number of fused-ring (bicyclic) bond motifs is 1. The molecule has 1 fully saturated rings. The zero-order valence-electron chi connectivity index (χ0n) is 16.9. The molecule has 0 bridgehead atoms. The Balaban J connectivity index is 1.40. The van der Waals surface area contributed by atoms with Crippen molar-refractivity contribution >= 4 is 11.9 Å². The molecule has 7 heteroatoms. The normalized spacial score (nSPS) is 18.8. The summed E-state index contributed by atoms with van der Waals surface area (Å²) in [5.41, 5.74) is 3.08.